The summed E-state index contributed by atoms with van der Waals surface area (Å²) in [6, 6.07) is 73.3. The Balaban J connectivity index is 1.04. The van der Waals surface area contributed by atoms with Gasteiger partial charge in [-0.2, -0.15) is 0 Å². The molecule has 0 aliphatic carbocycles. The molecule has 3 heteroatoms. The molecule has 0 saturated carbocycles. The van der Waals surface area contributed by atoms with Crippen LogP contribution in [0.5, 0.6) is 0 Å². The lowest BCUT2D eigenvalue weighted by Crippen LogP contribution is -2.04. The molecular weight excluding hydrogens is 709 g/mol. The maximum absolute atomic E-state index is 5.19. The van der Waals surface area contributed by atoms with Gasteiger partial charge in [0.2, 0.25) is 0 Å². The Bertz CT molecular complexity index is 2900. The molecular formula is C54H40N2S. The maximum atomic E-state index is 5.19. The number of benzene rings is 9. The molecule has 9 rings (SSSR count). The molecule has 0 bridgehead atoms. The standard InChI is InChI=1S/C54H40N2S/c1-55-54(40-18-7-4-8-19-40)56-52(39-16-5-3-6-17-39)46-25-15-24-45(36-46)44-23-14-22-43(35-44)42-21-13-20-41(34-42)37-30-32-38(33-31-37)51-49-28-11-9-26-47(49)48-27-10-12-29-50(48)53(51)57-2/h3-36,52H,1H2,2H3. The first-order valence-electron chi connectivity index (χ1n) is 19.2. The molecule has 0 heterocycles. The second kappa shape index (κ2) is 16.1. The van der Waals surface area contributed by atoms with E-state index in [-0.39, 0.29) is 6.04 Å². The third kappa shape index (κ3) is 7.22. The van der Waals surface area contributed by atoms with E-state index in [1.165, 1.54) is 59.8 Å². The first-order chi connectivity index (χ1) is 28.2. The van der Waals surface area contributed by atoms with Crippen molar-refractivity contribution in [1.29, 1.82) is 0 Å². The highest BCUT2D eigenvalue weighted by atomic mass is 32.2. The molecule has 0 aliphatic rings. The number of nitrogens with zero attached hydrogens (tertiary/aromatic N) is 2. The lowest BCUT2D eigenvalue weighted by Gasteiger charge is -2.17. The monoisotopic (exact) mass is 748 g/mol. The van der Waals surface area contributed by atoms with Crippen LogP contribution in [0.25, 0.3) is 66.1 Å². The molecule has 272 valence electrons. The Kier molecular flexibility index (Phi) is 10.1. The van der Waals surface area contributed by atoms with Crippen LogP contribution in [0.2, 0.25) is 0 Å². The van der Waals surface area contributed by atoms with Crippen molar-refractivity contribution in [2.45, 2.75) is 10.9 Å². The van der Waals surface area contributed by atoms with E-state index in [1.54, 1.807) is 0 Å². The first kappa shape index (κ1) is 35.9. The molecule has 0 fully saturated rings. The predicted octanol–water partition coefficient (Wildman–Crippen LogP) is 14.6. The fourth-order valence-electron chi connectivity index (χ4n) is 7.97. The minimum Gasteiger partial charge on any atom is -0.253 e. The number of rotatable bonds is 9. The zero-order valence-electron chi connectivity index (χ0n) is 31.7. The van der Waals surface area contributed by atoms with Crippen molar-refractivity contribution in [3.63, 3.8) is 0 Å². The third-order valence-corrected chi connectivity index (χ3v) is 11.6. The zero-order valence-corrected chi connectivity index (χ0v) is 32.5. The number of aliphatic imine (C=N–C) groups is 2. The summed E-state index contributed by atoms with van der Waals surface area (Å²) in [6.07, 6.45) is 2.19. The number of hydrogen-bond acceptors (Lipinski definition) is 2. The SMILES string of the molecule is C=NC(=NC(c1ccccc1)c1cccc(-c2cccc(-c3cccc(-c4ccc(-c5c(SC)c6ccccc6c6ccccc56)cc4)c3)c2)c1)c1ccccc1. The number of hydrogen-bond donors (Lipinski definition) is 0. The normalized spacial score (nSPS) is 12.1. The van der Waals surface area contributed by atoms with Crippen molar-refractivity contribution in [2.24, 2.45) is 9.98 Å². The zero-order chi connectivity index (χ0) is 38.6. The highest BCUT2D eigenvalue weighted by Crippen LogP contribution is 2.44. The Morgan fingerprint density at radius 3 is 1.47 bits per heavy atom. The fraction of sp³-hybridized carbons (Fsp3) is 0.0370. The van der Waals surface area contributed by atoms with Crippen LogP contribution in [0.15, 0.2) is 221 Å². The van der Waals surface area contributed by atoms with Crippen molar-refractivity contribution in [1.82, 2.24) is 0 Å². The van der Waals surface area contributed by atoms with Crippen molar-refractivity contribution < 1.29 is 0 Å². The predicted molar refractivity (Wildman–Crippen MR) is 246 cm³/mol. The van der Waals surface area contributed by atoms with Crippen LogP contribution in [-0.2, 0) is 0 Å². The van der Waals surface area contributed by atoms with Gasteiger partial charge in [-0.05, 0) is 103 Å². The minimum absolute atomic E-state index is 0.245. The molecule has 0 aromatic heterocycles. The molecule has 9 aromatic carbocycles. The average molecular weight is 749 g/mol. The molecule has 0 aliphatic heterocycles. The van der Waals surface area contributed by atoms with Gasteiger partial charge < -0.3 is 0 Å². The molecule has 9 aromatic rings. The van der Waals surface area contributed by atoms with Crippen LogP contribution < -0.4 is 0 Å². The fourth-order valence-corrected chi connectivity index (χ4v) is 8.80. The number of fused-ring (bicyclic) bond motifs is 3. The van der Waals surface area contributed by atoms with Crippen LogP contribution in [0, 0.1) is 0 Å². The van der Waals surface area contributed by atoms with Crippen LogP contribution in [-0.4, -0.2) is 18.8 Å². The van der Waals surface area contributed by atoms with Gasteiger partial charge in [0, 0.05) is 16.0 Å². The van der Waals surface area contributed by atoms with Gasteiger partial charge in [0.1, 0.15) is 6.04 Å². The lowest BCUT2D eigenvalue weighted by atomic mass is 9.91. The number of amidine groups is 1. The van der Waals surface area contributed by atoms with E-state index >= 15 is 0 Å². The topological polar surface area (TPSA) is 24.7 Å². The van der Waals surface area contributed by atoms with Gasteiger partial charge in [-0.1, -0.05) is 188 Å². The van der Waals surface area contributed by atoms with E-state index in [1.807, 2.05) is 48.2 Å². The van der Waals surface area contributed by atoms with Gasteiger partial charge in [0.05, 0.1) is 0 Å². The lowest BCUT2D eigenvalue weighted by molar-refractivity contribution is 0.871. The van der Waals surface area contributed by atoms with Crippen molar-refractivity contribution in [2.75, 3.05) is 6.26 Å². The van der Waals surface area contributed by atoms with E-state index in [9.17, 15) is 0 Å². The Morgan fingerprint density at radius 2 is 0.877 bits per heavy atom. The molecule has 0 amide bonds. The van der Waals surface area contributed by atoms with Crippen molar-refractivity contribution in [3.8, 4) is 44.5 Å². The first-order valence-corrected chi connectivity index (χ1v) is 20.4. The third-order valence-electron chi connectivity index (χ3n) is 10.7. The summed E-state index contributed by atoms with van der Waals surface area (Å²) in [5, 5.41) is 5.18. The van der Waals surface area contributed by atoms with Gasteiger partial charge in [-0.15, -0.1) is 11.8 Å². The molecule has 2 nitrogen and oxygen atoms in total. The summed E-state index contributed by atoms with van der Waals surface area (Å²) < 4.78 is 0. The van der Waals surface area contributed by atoms with E-state index in [0.717, 1.165) is 27.8 Å². The quantitative estimate of drug-likeness (QED) is 0.0624. The van der Waals surface area contributed by atoms with E-state index < -0.39 is 0 Å². The van der Waals surface area contributed by atoms with Crippen LogP contribution in [0.3, 0.4) is 0 Å². The summed E-state index contributed by atoms with van der Waals surface area (Å²) in [7, 11) is 0. The van der Waals surface area contributed by atoms with Crippen LogP contribution in [0.4, 0.5) is 0 Å². The largest absolute Gasteiger partial charge is 0.253 e. The van der Waals surface area contributed by atoms with Gasteiger partial charge >= 0.3 is 0 Å². The summed E-state index contributed by atoms with van der Waals surface area (Å²) >= 11 is 1.83. The summed E-state index contributed by atoms with van der Waals surface area (Å²) in [6.45, 7) is 3.87. The summed E-state index contributed by atoms with van der Waals surface area (Å²) in [5.74, 6) is 0.623. The van der Waals surface area contributed by atoms with E-state index in [2.05, 4.69) is 188 Å². The smallest absolute Gasteiger partial charge is 0.154 e. The van der Waals surface area contributed by atoms with Gasteiger partial charge in [-0.3, -0.25) is 4.99 Å². The molecule has 0 N–H and O–H groups in total. The highest BCUT2D eigenvalue weighted by molar-refractivity contribution is 7.99. The molecule has 57 heavy (non-hydrogen) atoms. The molecule has 1 atom stereocenters. The van der Waals surface area contributed by atoms with E-state index in [4.69, 9.17) is 4.99 Å². The molecule has 0 saturated heterocycles. The Labute approximate surface area is 339 Å². The van der Waals surface area contributed by atoms with Crippen molar-refractivity contribution >= 4 is 45.9 Å². The average Bonchev–Trinajstić information content (AvgIpc) is 3.29. The number of thioether (sulfide) groups is 1. The summed E-state index contributed by atoms with van der Waals surface area (Å²) in [4.78, 5) is 10.9. The van der Waals surface area contributed by atoms with Gasteiger partial charge in [-0.25, -0.2) is 4.99 Å². The second-order valence-electron chi connectivity index (χ2n) is 14.2. The molecule has 0 radical (unpaired) electrons. The van der Waals surface area contributed by atoms with Gasteiger partial charge in [0.15, 0.2) is 5.84 Å². The second-order valence-corrected chi connectivity index (χ2v) is 15.0. The highest BCUT2D eigenvalue weighted by Gasteiger charge is 2.18. The molecule has 1 unspecified atom stereocenters. The van der Waals surface area contributed by atoms with Crippen LogP contribution in [0.1, 0.15) is 22.7 Å². The molecule has 0 spiro atoms. The van der Waals surface area contributed by atoms with E-state index in [0.29, 0.717) is 5.84 Å². The minimum atomic E-state index is -0.245. The Hall–Kier alpha value is -6.81. The van der Waals surface area contributed by atoms with Crippen molar-refractivity contribution in [3.05, 3.63) is 223 Å². The maximum Gasteiger partial charge on any atom is 0.154 e. The Morgan fingerprint density at radius 1 is 0.421 bits per heavy atom. The van der Waals surface area contributed by atoms with Gasteiger partial charge in [0.25, 0.3) is 0 Å². The summed E-state index contributed by atoms with van der Waals surface area (Å²) in [5.41, 5.74) is 12.7. The van der Waals surface area contributed by atoms with Crippen LogP contribution >= 0.6 is 11.8 Å².